The lowest BCUT2D eigenvalue weighted by atomic mass is 9.99. The van der Waals surface area contributed by atoms with Crippen molar-refractivity contribution in [2.24, 2.45) is 0 Å². The van der Waals surface area contributed by atoms with Gasteiger partial charge in [-0.3, -0.25) is 9.69 Å². The van der Waals surface area contributed by atoms with Gasteiger partial charge in [-0.2, -0.15) is 0 Å². The second kappa shape index (κ2) is 8.54. The molecule has 2 aromatic carbocycles. The first-order chi connectivity index (χ1) is 13.1. The van der Waals surface area contributed by atoms with Crippen molar-refractivity contribution in [3.05, 3.63) is 77.5 Å². The molecule has 2 aromatic rings. The number of allylic oxidation sites excluding steroid dienone is 1. The van der Waals surface area contributed by atoms with Crippen LogP contribution in [-0.2, 0) is 25.5 Å². The molecule has 3 rings (SSSR count). The van der Waals surface area contributed by atoms with E-state index in [2.05, 4.69) is 0 Å². The Labute approximate surface area is 159 Å². The first kappa shape index (κ1) is 18.7. The van der Waals surface area contributed by atoms with E-state index in [1.54, 1.807) is 13.8 Å². The van der Waals surface area contributed by atoms with Gasteiger partial charge in [0.25, 0.3) is 5.91 Å². The highest BCUT2D eigenvalue weighted by molar-refractivity contribution is 6.21. The van der Waals surface area contributed by atoms with E-state index < -0.39 is 12.0 Å². The van der Waals surface area contributed by atoms with Crippen LogP contribution < -0.4 is 0 Å². The molecule has 0 unspecified atom stereocenters. The Morgan fingerprint density at radius 2 is 1.74 bits per heavy atom. The van der Waals surface area contributed by atoms with Crippen LogP contribution in [0.4, 0.5) is 0 Å². The van der Waals surface area contributed by atoms with Crippen molar-refractivity contribution in [1.29, 1.82) is 0 Å². The maximum atomic E-state index is 13.3. The molecule has 0 saturated carbocycles. The Kier molecular flexibility index (Phi) is 5.91. The lowest BCUT2D eigenvalue weighted by molar-refractivity contribution is -0.157. The summed E-state index contributed by atoms with van der Waals surface area (Å²) in [6, 6.07) is 18.2. The average molecular weight is 365 g/mol. The maximum absolute atomic E-state index is 13.3. The van der Waals surface area contributed by atoms with E-state index in [4.69, 9.17) is 9.47 Å². The molecular formula is C22H23NO4. The van der Waals surface area contributed by atoms with Crippen LogP contribution in [0.2, 0.25) is 0 Å². The first-order valence-electron chi connectivity index (χ1n) is 9.02. The lowest BCUT2D eigenvalue weighted by Gasteiger charge is -2.34. The number of hydrogen-bond acceptors (Lipinski definition) is 4. The molecule has 1 aliphatic heterocycles. The van der Waals surface area contributed by atoms with Crippen LogP contribution in [0.25, 0.3) is 5.57 Å². The topological polar surface area (TPSA) is 55.8 Å². The third-order valence-corrected chi connectivity index (χ3v) is 4.52. The summed E-state index contributed by atoms with van der Waals surface area (Å²) in [5.41, 5.74) is 2.20. The Balaban J connectivity index is 1.92. The Morgan fingerprint density at radius 1 is 1.11 bits per heavy atom. The van der Waals surface area contributed by atoms with Crippen LogP contribution in [-0.4, -0.2) is 36.2 Å². The Hall–Kier alpha value is -3.08. The van der Waals surface area contributed by atoms with Crippen molar-refractivity contribution in [2.75, 3.05) is 13.3 Å². The smallest absolute Gasteiger partial charge is 0.329 e. The second-order valence-electron chi connectivity index (χ2n) is 6.30. The molecule has 0 fully saturated rings. The molecule has 1 heterocycles. The van der Waals surface area contributed by atoms with Crippen LogP contribution >= 0.6 is 0 Å². The number of ether oxygens (including phenoxy) is 2. The average Bonchev–Trinajstić information content (AvgIpc) is 2.69. The fourth-order valence-corrected chi connectivity index (χ4v) is 3.15. The standard InChI is InChI=1S/C22H23NO4/c1-3-26-22(25)19(14-17-10-6-4-7-11-17)23-15-27-16(2)20(21(23)24)18-12-8-5-9-13-18/h4-13,19H,3,14-15H2,1-2H3/t19-/m0/s1. The summed E-state index contributed by atoms with van der Waals surface area (Å²) in [6.07, 6.45) is 0.371. The highest BCUT2D eigenvalue weighted by atomic mass is 16.5. The SMILES string of the molecule is CCOC(=O)[C@H](Cc1ccccc1)N1COC(C)=C(c2ccccc2)C1=O. The largest absolute Gasteiger partial charge is 0.477 e. The highest BCUT2D eigenvalue weighted by Gasteiger charge is 2.37. The monoisotopic (exact) mass is 365 g/mol. The summed E-state index contributed by atoms with van der Waals surface area (Å²) in [4.78, 5) is 27.3. The molecule has 1 atom stereocenters. The zero-order valence-corrected chi connectivity index (χ0v) is 15.6. The molecule has 0 saturated heterocycles. The van der Waals surface area contributed by atoms with Crippen molar-refractivity contribution in [3.63, 3.8) is 0 Å². The quantitative estimate of drug-likeness (QED) is 0.736. The van der Waals surface area contributed by atoms with Gasteiger partial charge in [-0.15, -0.1) is 0 Å². The zero-order valence-electron chi connectivity index (χ0n) is 15.6. The van der Waals surface area contributed by atoms with Gasteiger partial charge < -0.3 is 9.47 Å². The molecule has 0 N–H and O–H groups in total. The number of nitrogens with zero attached hydrogens (tertiary/aromatic N) is 1. The molecular weight excluding hydrogens is 342 g/mol. The number of hydrogen-bond donors (Lipinski definition) is 0. The molecule has 5 nitrogen and oxygen atoms in total. The lowest BCUT2D eigenvalue weighted by Crippen LogP contribution is -2.50. The van der Waals surface area contributed by atoms with Crippen molar-refractivity contribution >= 4 is 17.4 Å². The van der Waals surface area contributed by atoms with Crippen LogP contribution in [0.15, 0.2) is 66.4 Å². The summed E-state index contributed by atoms with van der Waals surface area (Å²) >= 11 is 0. The number of benzene rings is 2. The molecule has 140 valence electrons. The molecule has 0 bridgehead atoms. The number of esters is 1. The van der Waals surface area contributed by atoms with Crippen molar-refractivity contribution < 1.29 is 19.1 Å². The van der Waals surface area contributed by atoms with Gasteiger partial charge >= 0.3 is 5.97 Å². The van der Waals surface area contributed by atoms with E-state index in [0.717, 1.165) is 11.1 Å². The highest BCUT2D eigenvalue weighted by Crippen LogP contribution is 2.28. The fraction of sp³-hybridized carbons (Fsp3) is 0.273. The van der Waals surface area contributed by atoms with Gasteiger partial charge in [-0.1, -0.05) is 60.7 Å². The summed E-state index contributed by atoms with van der Waals surface area (Å²) in [5, 5.41) is 0. The first-order valence-corrected chi connectivity index (χ1v) is 9.02. The normalized spacial score (nSPS) is 15.3. The number of amides is 1. The van der Waals surface area contributed by atoms with Crippen molar-refractivity contribution in [3.8, 4) is 0 Å². The van der Waals surface area contributed by atoms with Crippen LogP contribution in [0, 0.1) is 0 Å². The molecule has 5 heteroatoms. The van der Waals surface area contributed by atoms with Crippen molar-refractivity contribution in [1.82, 2.24) is 4.90 Å². The summed E-state index contributed by atoms with van der Waals surface area (Å²) in [5.74, 6) is -0.0889. The van der Waals surface area contributed by atoms with Crippen LogP contribution in [0.5, 0.6) is 0 Å². The van der Waals surface area contributed by atoms with E-state index in [9.17, 15) is 9.59 Å². The molecule has 0 aromatic heterocycles. The number of carbonyl (C=O) groups is 2. The van der Waals surface area contributed by atoms with Gasteiger partial charge in [0.05, 0.1) is 12.2 Å². The fourth-order valence-electron chi connectivity index (χ4n) is 3.15. The van der Waals surface area contributed by atoms with E-state index in [-0.39, 0.29) is 19.2 Å². The third kappa shape index (κ3) is 4.19. The van der Waals surface area contributed by atoms with Crippen molar-refractivity contribution in [2.45, 2.75) is 26.3 Å². The van der Waals surface area contributed by atoms with Crippen LogP contribution in [0.1, 0.15) is 25.0 Å². The Morgan fingerprint density at radius 3 is 2.37 bits per heavy atom. The van der Waals surface area contributed by atoms with Crippen LogP contribution in [0.3, 0.4) is 0 Å². The van der Waals surface area contributed by atoms with Gasteiger partial charge in [-0.05, 0) is 25.0 Å². The van der Waals surface area contributed by atoms with E-state index >= 15 is 0 Å². The van der Waals surface area contributed by atoms with Gasteiger partial charge in [-0.25, -0.2) is 4.79 Å². The predicted molar refractivity (Wildman–Crippen MR) is 102 cm³/mol. The molecule has 1 amide bonds. The van der Waals surface area contributed by atoms with Gasteiger partial charge in [0.2, 0.25) is 0 Å². The zero-order chi connectivity index (χ0) is 19.2. The van der Waals surface area contributed by atoms with E-state index in [1.165, 1.54) is 4.90 Å². The molecule has 27 heavy (non-hydrogen) atoms. The molecule has 0 spiro atoms. The summed E-state index contributed by atoms with van der Waals surface area (Å²) in [6.45, 7) is 3.81. The second-order valence-corrected chi connectivity index (χ2v) is 6.30. The summed E-state index contributed by atoms with van der Waals surface area (Å²) < 4.78 is 11.0. The minimum absolute atomic E-state index is 0.0251. The van der Waals surface area contributed by atoms with Gasteiger partial charge in [0.15, 0.2) is 6.73 Å². The number of carbonyl (C=O) groups excluding carboxylic acids is 2. The molecule has 1 aliphatic rings. The maximum Gasteiger partial charge on any atom is 0.329 e. The predicted octanol–water partition coefficient (Wildman–Crippen LogP) is 3.41. The van der Waals surface area contributed by atoms with Gasteiger partial charge in [0, 0.05) is 6.42 Å². The Bertz CT molecular complexity index is 830. The molecule has 0 aliphatic carbocycles. The minimum Gasteiger partial charge on any atom is -0.477 e. The van der Waals surface area contributed by atoms with E-state index in [0.29, 0.717) is 17.8 Å². The third-order valence-electron chi connectivity index (χ3n) is 4.52. The van der Waals surface area contributed by atoms with Gasteiger partial charge in [0.1, 0.15) is 11.8 Å². The summed E-state index contributed by atoms with van der Waals surface area (Å²) in [7, 11) is 0. The minimum atomic E-state index is -0.744. The molecule has 0 radical (unpaired) electrons. The van der Waals surface area contributed by atoms with E-state index in [1.807, 2.05) is 60.7 Å². The number of rotatable bonds is 6.